The molecule has 2 aromatic rings. The Bertz CT molecular complexity index is 672. The number of hydrogen-bond donors (Lipinski definition) is 1. The third-order valence-electron chi connectivity index (χ3n) is 2.33. The fourth-order valence-corrected chi connectivity index (χ4v) is 2.04. The maximum Gasteiger partial charge on any atom is 0.432 e. The molecular formula is C13H14N2O2Si. The summed E-state index contributed by atoms with van der Waals surface area (Å²) in [6.45, 7) is 6.54. The van der Waals surface area contributed by atoms with E-state index in [1.165, 1.54) is 0 Å². The zero-order valence-electron chi connectivity index (χ0n) is 10.6. The minimum Gasteiger partial charge on any atom is -0.463 e. The number of fused-ring (bicyclic) bond motifs is 1. The first-order chi connectivity index (χ1) is 8.37. The lowest BCUT2D eigenvalue weighted by atomic mass is 10.2. The van der Waals surface area contributed by atoms with Crippen LogP contribution >= 0.6 is 0 Å². The highest BCUT2D eigenvalue weighted by molar-refractivity contribution is 6.83. The van der Waals surface area contributed by atoms with Gasteiger partial charge in [-0.15, -0.1) is 5.54 Å². The molecule has 0 bridgehead atoms. The number of carboxylic acid groups (broad SMARTS) is 1. The Labute approximate surface area is 106 Å². The molecule has 1 aromatic heterocycles. The summed E-state index contributed by atoms with van der Waals surface area (Å²) < 4.78 is 0.963. The van der Waals surface area contributed by atoms with Crippen LogP contribution in [0.4, 0.5) is 4.79 Å². The van der Waals surface area contributed by atoms with E-state index in [0.717, 1.165) is 15.6 Å². The Morgan fingerprint density at radius 1 is 1.39 bits per heavy atom. The van der Waals surface area contributed by atoms with Crippen LogP contribution in [-0.2, 0) is 0 Å². The number of carbonyl (C=O) groups is 1. The minimum atomic E-state index is -1.40. The van der Waals surface area contributed by atoms with E-state index in [1.807, 2.05) is 12.1 Å². The quantitative estimate of drug-likeness (QED) is 0.584. The van der Waals surface area contributed by atoms with Gasteiger partial charge in [-0.3, -0.25) is 0 Å². The van der Waals surface area contributed by atoms with E-state index in [1.54, 1.807) is 12.3 Å². The largest absolute Gasteiger partial charge is 0.463 e. The molecule has 0 aliphatic heterocycles. The lowest BCUT2D eigenvalue weighted by Crippen LogP contribution is -2.16. The molecule has 0 atom stereocenters. The van der Waals surface area contributed by atoms with Crippen LogP contribution in [0.1, 0.15) is 5.56 Å². The van der Waals surface area contributed by atoms with Gasteiger partial charge in [-0.1, -0.05) is 25.6 Å². The average Bonchev–Trinajstić information content (AvgIpc) is 2.68. The van der Waals surface area contributed by atoms with E-state index < -0.39 is 14.2 Å². The summed E-state index contributed by atoms with van der Waals surface area (Å²) >= 11 is 0. The maximum atomic E-state index is 10.9. The van der Waals surface area contributed by atoms with Crippen molar-refractivity contribution in [1.29, 1.82) is 0 Å². The predicted molar refractivity (Wildman–Crippen MR) is 73.4 cm³/mol. The van der Waals surface area contributed by atoms with E-state index in [2.05, 4.69) is 36.2 Å². The average molecular weight is 258 g/mol. The standard InChI is InChI=1S/C13H14N2O2Si/c1-18(2,3)7-6-10-4-5-12-11(8-10)9-14-15(12)13(16)17/h4-5,8-9H,1-3H3,(H,16,17). The fraction of sp³-hybridized carbons (Fsp3) is 0.231. The van der Waals surface area contributed by atoms with E-state index >= 15 is 0 Å². The van der Waals surface area contributed by atoms with Crippen molar-refractivity contribution in [1.82, 2.24) is 9.78 Å². The summed E-state index contributed by atoms with van der Waals surface area (Å²) in [5.74, 6) is 3.14. The van der Waals surface area contributed by atoms with Gasteiger partial charge in [-0.2, -0.15) is 9.78 Å². The normalized spacial score (nSPS) is 11.1. The molecule has 0 aliphatic carbocycles. The van der Waals surface area contributed by atoms with E-state index in [4.69, 9.17) is 5.11 Å². The van der Waals surface area contributed by atoms with Gasteiger partial charge in [0.25, 0.3) is 0 Å². The molecule has 5 heteroatoms. The van der Waals surface area contributed by atoms with Crippen LogP contribution in [0.15, 0.2) is 24.4 Å². The molecule has 0 saturated carbocycles. The van der Waals surface area contributed by atoms with Crippen LogP contribution < -0.4 is 0 Å². The highest BCUT2D eigenvalue weighted by Crippen LogP contribution is 2.15. The topological polar surface area (TPSA) is 55.1 Å². The molecule has 1 N–H and O–H groups in total. The van der Waals surface area contributed by atoms with Crippen molar-refractivity contribution in [3.05, 3.63) is 30.0 Å². The highest BCUT2D eigenvalue weighted by atomic mass is 28.3. The van der Waals surface area contributed by atoms with E-state index in [-0.39, 0.29) is 0 Å². The van der Waals surface area contributed by atoms with Gasteiger partial charge in [0.15, 0.2) is 0 Å². The third-order valence-corrected chi connectivity index (χ3v) is 3.21. The molecule has 1 aromatic carbocycles. The summed E-state index contributed by atoms with van der Waals surface area (Å²) in [6, 6.07) is 5.44. The lowest BCUT2D eigenvalue weighted by molar-refractivity contribution is 0.194. The number of benzene rings is 1. The first-order valence-corrected chi connectivity index (χ1v) is 9.11. The molecule has 2 rings (SSSR count). The Hall–Kier alpha value is -2.06. The highest BCUT2D eigenvalue weighted by Gasteiger charge is 2.09. The molecule has 0 saturated heterocycles. The molecule has 0 spiro atoms. The zero-order valence-corrected chi connectivity index (χ0v) is 11.6. The zero-order chi connectivity index (χ0) is 13.3. The Kier molecular flexibility index (Phi) is 2.97. The Morgan fingerprint density at radius 2 is 2.11 bits per heavy atom. The smallest absolute Gasteiger partial charge is 0.432 e. The van der Waals surface area contributed by atoms with Gasteiger partial charge >= 0.3 is 6.09 Å². The number of aromatic nitrogens is 2. The molecule has 0 unspecified atom stereocenters. The van der Waals surface area contributed by atoms with Crippen molar-refractivity contribution in [2.24, 2.45) is 0 Å². The number of nitrogens with zero attached hydrogens (tertiary/aromatic N) is 2. The third kappa shape index (κ3) is 2.60. The summed E-state index contributed by atoms with van der Waals surface area (Å²) in [6.07, 6.45) is 0.467. The van der Waals surface area contributed by atoms with Crippen LogP contribution in [-0.4, -0.2) is 29.1 Å². The van der Waals surface area contributed by atoms with Crippen molar-refractivity contribution < 1.29 is 9.90 Å². The second-order valence-corrected chi connectivity index (χ2v) is 9.86. The van der Waals surface area contributed by atoms with Crippen molar-refractivity contribution in [2.75, 3.05) is 0 Å². The van der Waals surface area contributed by atoms with Gasteiger partial charge in [0, 0.05) is 10.9 Å². The summed E-state index contributed by atoms with van der Waals surface area (Å²) in [7, 11) is -1.40. The van der Waals surface area contributed by atoms with Gasteiger partial charge in [0.05, 0.1) is 11.7 Å². The van der Waals surface area contributed by atoms with E-state index in [9.17, 15) is 4.79 Å². The second-order valence-electron chi connectivity index (χ2n) is 5.11. The molecule has 1 heterocycles. The first kappa shape index (κ1) is 12.4. The van der Waals surface area contributed by atoms with Crippen molar-refractivity contribution >= 4 is 25.1 Å². The second kappa shape index (κ2) is 4.31. The molecule has 0 fully saturated rings. The number of hydrogen-bond acceptors (Lipinski definition) is 2. The molecular weight excluding hydrogens is 244 g/mol. The van der Waals surface area contributed by atoms with Gasteiger partial charge in [0.2, 0.25) is 0 Å². The minimum absolute atomic E-state index is 0.584. The lowest BCUT2D eigenvalue weighted by Gasteiger charge is -2.03. The van der Waals surface area contributed by atoms with Gasteiger partial charge < -0.3 is 5.11 Å². The molecule has 92 valence electrons. The van der Waals surface area contributed by atoms with Crippen LogP contribution in [0.25, 0.3) is 10.9 Å². The van der Waals surface area contributed by atoms with E-state index in [0.29, 0.717) is 5.52 Å². The van der Waals surface area contributed by atoms with Crippen LogP contribution in [0.5, 0.6) is 0 Å². The fourth-order valence-electron chi connectivity index (χ4n) is 1.52. The monoisotopic (exact) mass is 258 g/mol. The Morgan fingerprint density at radius 3 is 2.72 bits per heavy atom. The molecule has 18 heavy (non-hydrogen) atoms. The maximum absolute atomic E-state index is 10.9. The Balaban J connectivity index is 2.46. The SMILES string of the molecule is C[Si](C)(C)C#Cc1ccc2c(cnn2C(=O)O)c1. The molecule has 0 aliphatic rings. The number of rotatable bonds is 0. The van der Waals surface area contributed by atoms with Crippen LogP contribution in [0.2, 0.25) is 19.6 Å². The summed E-state index contributed by atoms with van der Waals surface area (Å²) in [4.78, 5) is 10.9. The predicted octanol–water partition coefficient (Wildman–Crippen LogP) is 2.79. The summed E-state index contributed by atoms with van der Waals surface area (Å²) in [5, 5.41) is 13.5. The van der Waals surface area contributed by atoms with Crippen LogP contribution in [0, 0.1) is 11.5 Å². The van der Waals surface area contributed by atoms with Crippen molar-refractivity contribution in [3.63, 3.8) is 0 Å². The summed E-state index contributed by atoms with van der Waals surface area (Å²) in [5.41, 5.74) is 4.76. The molecule has 4 nitrogen and oxygen atoms in total. The van der Waals surface area contributed by atoms with Gasteiger partial charge in [-0.05, 0) is 18.2 Å². The molecule has 0 amide bonds. The van der Waals surface area contributed by atoms with Crippen LogP contribution in [0.3, 0.4) is 0 Å². The van der Waals surface area contributed by atoms with Crippen molar-refractivity contribution in [3.8, 4) is 11.5 Å². The van der Waals surface area contributed by atoms with Gasteiger partial charge in [-0.25, -0.2) is 4.79 Å². The van der Waals surface area contributed by atoms with Gasteiger partial charge in [0.1, 0.15) is 8.07 Å². The van der Waals surface area contributed by atoms with Crippen molar-refractivity contribution in [2.45, 2.75) is 19.6 Å². The first-order valence-electron chi connectivity index (χ1n) is 5.61. The molecule has 0 radical (unpaired) electrons.